The number of rotatable bonds is 3. The zero-order valence-electron chi connectivity index (χ0n) is 9.54. The summed E-state index contributed by atoms with van der Waals surface area (Å²) < 4.78 is 6.43. The fourth-order valence-corrected chi connectivity index (χ4v) is 1.70. The van der Waals surface area contributed by atoms with Gasteiger partial charge in [0.2, 0.25) is 0 Å². The number of hydrogen-bond donors (Lipinski definition) is 0. The van der Waals surface area contributed by atoms with Crippen LogP contribution in [0, 0.1) is 21.4 Å². The van der Waals surface area contributed by atoms with Crippen molar-refractivity contribution < 1.29 is 9.66 Å². The molecule has 0 spiro atoms. The van der Waals surface area contributed by atoms with E-state index >= 15 is 0 Å². The molecule has 0 saturated heterocycles. The molecule has 0 aliphatic carbocycles. The average molecular weight is 319 g/mol. The van der Waals surface area contributed by atoms with E-state index in [1.807, 2.05) is 6.07 Å². The molecule has 0 amide bonds. The van der Waals surface area contributed by atoms with Gasteiger partial charge in [0.25, 0.3) is 5.69 Å². The van der Waals surface area contributed by atoms with Gasteiger partial charge in [-0.2, -0.15) is 5.26 Å². The molecule has 2 rings (SSSR count). The molecule has 0 unspecified atom stereocenters. The lowest BCUT2D eigenvalue weighted by molar-refractivity contribution is -0.384. The van der Waals surface area contributed by atoms with E-state index < -0.39 is 4.92 Å². The first-order valence-corrected chi connectivity index (χ1v) is 6.01. The van der Waals surface area contributed by atoms with Crippen LogP contribution in [0.4, 0.5) is 5.69 Å². The van der Waals surface area contributed by atoms with Gasteiger partial charge in [-0.3, -0.25) is 10.1 Å². The molecule has 0 aliphatic heterocycles. The van der Waals surface area contributed by atoms with Crippen molar-refractivity contribution in [2.45, 2.75) is 0 Å². The number of hydrogen-bond acceptors (Lipinski definition) is 4. The molecule has 94 valence electrons. The molecule has 19 heavy (non-hydrogen) atoms. The fraction of sp³-hybridized carbons (Fsp3) is 0. The van der Waals surface area contributed by atoms with Crippen LogP contribution >= 0.6 is 15.9 Å². The summed E-state index contributed by atoms with van der Waals surface area (Å²) in [5.41, 5.74) is -0.0168. The number of nitrogens with zero attached hydrogens (tertiary/aromatic N) is 2. The van der Waals surface area contributed by atoms with Crippen molar-refractivity contribution in [3.05, 3.63) is 62.6 Å². The van der Waals surface area contributed by atoms with Crippen LogP contribution in [0.1, 0.15) is 5.56 Å². The third-order valence-corrected chi connectivity index (χ3v) is 2.86. The second-order valence-electron chi connectivity index (χ2n) is 3.61. The zero-order valence-corrected chi connectivity index (χ0v) is 11.1. The molecule has 5 nitrogen and oxygen atoms in total. The Morgan fingerprint density at radius 2 is 1.89 bits per heavy atom. The van der Waals surface area contributed by atoms with Gasteiger partial charge in [0.1, 0.15) is 23.1 Å². The topological polar surface area (TPSA) is 76.2 Å². The zero-order chi connectivity index (χ0) is 13.8. The summed E-state index contributed by atoms with van der Waals surface area (Å²) in [6.45, 7) is 0. The number of halogens is 1. The predicted octanol–water partition coefficient (Wildman–Crippen LogP) is 4.02. The minimum absolute atomic E-state index is 0.122. The molecule has 0 aliphatic rings. The fourth-order valence-electron chi connectivity index (χ4n) is 1.44. The molecule has 2 aromatic rings. The highest BCUT2D eigenvalue weighted by Crippen LogP contribution is 2.28. The molecule has 0 aromatic heterocycles. The Kier molecular flexibility index (Phi) is 3.78. The van der Waals surface area contributed by atoms with Crippen LogP contribution < -0.4 is 4.74 Å². The lowest BCUT2D eigenvalue weighted by atomic mass is 10.2. The standard InChI is InChI=1S/C13H7BrN2O3/c14-10-1-4-12(5-2-10)19-13-6-3-11(16(17)18)7-9(13)8-15/h1-7H. The van der Waals surface area contributed by atoms with Gasteiger partial charge < -0.3 is 4.74 Å². The largest absolute Gasteiger partial charge is 0.456 e. The lowest BCUT2D eigenvalue weighted by Gasteiger charge is -2.07. The highest BCUT2D eigenvalue weighted by Gasteiger charge is 2.12. The third-order valence-electron chi connectivity index (χ3n) is 2.34. The summed E-state index contributed by atoms with van der Waals surface area (Å²) >= 11 is 3.30. The van der Waals surface area contributed by atoms with Gasteiger partial charge in [-0.15, -0.1) is 0 Å². The van der Waals surface area contributed by atoms with E-state index in [1.165, 1.54) is 18.2 Å². The Balaban J connectivity index is 2.33. The van der Waals surface area contributed by atoms with Crippen LogP contribution in [0.25, 0.3) is 0 Å². The summed E-state index contributed by atoms with van der Waals surface area (Å²) in [4.78, 5) is 10.1. The average Bonchev–Trinajstić information content (AvgIpc) is 2.41. The van der Waals surface area contributed by atoms with Gasteiger partial charge in [0, 0.05) is 16.6 Å². The van der Waals surface area contributed by atoms with Crippen molar-refractivity contribution in [2.24, 2.45) is 0 Å². The van der Waals surface area contributed by atoms with E-state index in [0.717, 1.165) is 4.47 Å². The Morgan fingerprint density at radius 3 is 2.47 bits per heavy atom. The SMILES string of the molecule is N#Cc1cc([N+](=O)[O-])ccc1Oc1ccc(Br)cc1. The van der Waals surface area contributed by atoms with Crippen LogP contribution in [0.15, 0.2) is 46.9 Å². The number of nitro groups is 1. The van der Waals surface area contributed by atoms with Crippen LogP contribution in [0.5, 0.6) is 11.5 Å². The second kappa shape index (κ2) is 5.50. The van der Waals surface area contributed by atoms with Crippen molar-refractivity contribution in [1.29, 1.82) is 5.26 Å². The Labute approximate surface area is 117 Å². The minimum atomic E-state index is -0.551. The van der Waals surface area contributed by atoms with E-state index in [9.17, 15) is 10.1 Å². The van der Waals surface area contributed by atoms with Gasteiger partial charge in [-0.05, 0) is 30.3 Å². The molecule has 6 heteroatoms. The van der Waals surface area contributed by atoms with Crippen LogP contribution in [0.3, 0.4) is 0 Å². The van der Waals surface area contributed by atoms with Gasteiger partial charge in [-0.1, -0.05) is 15.9 Å². The maximum atomic E-state index is 10.6. The van der Waals surface area contributed by atoms with Crippen molar-refractivity contribution in [2.75, 3.05) is 0 Å². The monoisotopic (exact) mass is 318 g/mol. The summed E-state index contributed by atoms with van der Waals surface area (Å²) in [5, 5.41) is 19.6. The number of benzene rings is 2. The molecule has 0 atom stereocenters. The Bertz CT molecular complexity index is 663. The highest BCUT2D eigenvalue weighted by atomic mass is 79.9. The summed E-state index contributed by atoms with van der Waals surface area (Å²) in [5.74, 6) is 0.837. The second-order valence-corrected chi connectivity index (χ2v) is 4.52. The first kappa shape index (κ1) is 13.1. The Hall–Kier alpha value is -2.39. The van der Waals surface area contributed by atoms with Crippen LogP contribution in [-0.2, 0) is 0 Å². The molecule has 0 bridgehead atoms. The van der Waals surface area contributed by atoms with Crippen molar-refractivity contribution in [3.8, 4) is 17.6 Å². The van der Waals surface area contributed by atoms with Gasteiger partial charge in [0.15, 0.2) is 0 Å². The van der Waals surface area contributed by atoms with Crippen LogP contribution in [-0.4, -0.2) is 4.92 Å². The first-order chi connectivity index (χ1) is 9.10. The lowest BCUT2D eigenvalue weighted by Crippen LogP contribution is -1.92. The molecule has 0 radical (unpaired) electrons. The van der Waals surface area contributed by atoms with Gasteiger partial charge in [-0.25, -0.2) is 0 Å². The smallest absolute Gasteiger partial charge is 0.271 e. The number of nitro benzene ring substituents is 1. The first-order valence-electron chi connectivity index (χ1n) is 5.22. The number of non-ortho nitro benzene ring substituents is 1. The summed E-state index contributed by atoms with van der Waals surface area (Å²) in [7, 11) is 0. The molecule has 2 aromatic carbocycles. The van der Waals surface area contributed by atoms with E-state index in [4.69, 9.17) is 10.00 Å². The van der Waals surface area contributed by atoms with E-state index in [-0.39, 0.29) is 17.0 Å². The van der Waals surface area contributed by atoms with Crippen molar-refractivity contribution >= 4 is 21.6 Å². The normalized spacial score (nSPS) is 9.68. The highest BCUT2D eigenvalue weighted by molar-refractivity contribution is 9.10. The molecular weight excluding hydrogens is 312 g/mol. The van der Waals surface area contributed by atoms with E-state index in [0.29, 0.717) is 5.75 Å². The Morgan fingerprint density at radius 1 is 1.21 bits per heavy atom. The quantitative estimate of drug-likeness (QED) is 0.632. The third kappa shape index (κ3) is 3.09. The summed E-state index contributed by atoms with van der Waals surface area (Å²) in [6, 6.07) is 12.8. The van der Waals surface area contributed by atoms with Crippen LogP contribution in [0.2, 0.25) is 0 Å². The van der Waals surface area contributed by atoms with E-state index in [1.54, 1.807) is 24.3 Å². The molecule has 0 saturated carbocycles. The molecule has 0 N–H and O–H groups in total. The maximum absolute atomic E-state index is 10.6. The number of nitriles is 1. The number of ether oxygens (including phenoxy) is 1. The maximum Gasteiger partial charge on any atom is 0.271 e. The van der Waals surface area contributed by atoms with Crippen molar-refractivity contribution in [1.82, 2.24) is 0 Å². The molecule has 0 fully saturated rings. The minimum Gasteiger partial charge on any atom is -0.456 e. The van der Waals surface area contributed by atoms with E-state index in [2.05, 4.69) is 15.9 Å². The predicted molar refractivity (Wildman–Crippen MR) is 72.0 cm³/mol. The molecular formula is C13H7BrN2O3. The van der Waals surface area contributed by atoms with Gasteiger partial charge >= 0.3 is 0 Å². The van der Waals surface area contributed by atoms with Gasteiger partial charge in [0.05, 0.1) is 4.92 Å². The van der Waals surface area contributed by atoms with Crippen molar-refractivity contribution in [3.63, 3.8) is 0 Å². The molecule has 0 heterocycles. The summed E-state index contributed by atoms with van der Waals surface area (Å²) in [6.07, 6.45) is 0.